The first kappa shape index (κ1) is 11.0. The number of pyridine rings is 1. The summed E-state index contributed by atoms with van der Waals surface area (Å²) in [5, 5.41) is 3.62. The Hall–Kier alpha value is -1.87. The van der Waals surface area contributed by atoms with Gasteiger partial charge in [-0.05, 0) is 30.2 Å². The molecule has 0 saturated carbocycles. The molecule has 1 aromatic heterocycles. The minimum absolute atomic E-state index is 0.0485. The largest absolute Gasteiger partial charge is 0.378 e. The fourth-order valence-electron chi connectivity index (χ4n) is 3.29. The smallest absolute Gasteiger partial charge is 0.120 e. The topological polar surface area (TPSA) is 34.1 Å². The van der Waals surface area contributed by atoms with Crippen molar-refractivity contribution in [3.8, 4) is 0 Å². The van der Waals surface area contributed by atoms with Gasteiger partial charge in [0, 0.05) is 24.4 Å². The van der Waals surface area contributed by atoms with Crippen molar-refractivity contribution in [2.24, 2.45) is 0 Å². The molecule has 0 radical (unpaired) electrons. The van der Waals surface area contributed by atoms with E-state index in [0.717, 1.165) is 18.7 Å². The van der Waals surface area contributed by atoms with Gasteiger partial charge in [-0.3, -0.25) is 4.98 Å². The molecule has 2 aromatic rings. The lowest BCUT2D eigenvalue weighted by Crippen LogP contribution is -2.36. The predicted octanol–water partition coefficient (Wildman–Crippen LogP) is 3.12. The Balaban J connectivity index is 1.71. The predicted molar refractivity (Wildman–Crippen MR) is 74.1 cm³/mol. The number of para-hydroxylation sites is 1. The molecule has 19 heavy (non-hydrogen) atoms. The zero-order chi connectivity index (χ0) is 12.7. The van der Waals surface area contributed by atoms with Gasteiger partial charge in [-0.25, -0.2) is 0 Å². The monoisotopic (exact) mass is 252 g/mol. The molecule has 0 bridgehead atoms. The highest BCUT2D eigenvalue weighted by Crippen LogP contribution is 2.46. The van der Waals surface area contributed by atoms with Crippen LogP contribution in [0.15, 0.2) is 48.7 Å². The van der Waals surface area contributed by atoms with Gasteiger partial charge in [0.1, 0.15) is 6.10 Å². The Labute approximate surface area is 112 Å². The number of hydrogen-bond donors (Lipinski definition) is 1. The zero-order valence-electron chi connectivity index (χ0n) is 10.6. The lowest BCUT2D eigenvalue weighted by molar-refractivity contribution is -0.00401. The molecule has 3 unspecified atom stereocenters. The van der Waals surface area contributed by atoms with Gasteiger partial charge in [-0.2, -0.15) is 0 Å². The first-order chi connectivity index (χ1) is 9.43. The molecule has 3 atom stereocenters. The van der Waals surface area contributed by atoms with E-state index in [1.807, 2.05) is 18.3 Å². The molecule has 96 valence electrons. The molecular formula is C16H16N2O. The van der Waals surface area contributed by atoms with Gasteiger partial charge in [-0.1, -0.05) is 24.3 Å². The van der Waals surface area contributed by atoms with Crippen LogP contribution >= 0.6 is 0 Å². The molecule has 3 heterocycles. The molecule has 0 spiro atoms. The third-order valence-corrected chi connectivity index (χ3v) is 4.15. The second kappa shape index (κ2) is 4.35. The number of nitrogens with one attached hydrogen (secondary N) is 1. The van der Waals surface area contributed by atoms with Crippen LogP contribution in [0.1, 0.15) is 29.7 Å². The average Bonchev–Trinajstić information content (AvgIpc) is 2.87. The van der Waals surface area contributed by atoms with Gasteiger partial charge >= 0.3 is 0 Å². The molecule has 1 aromatic carbocycles. The van der Waals surface area contributed by atoms with E-state index in [1.54, 1.807) is 0 Å². The summed E-state index contributed by atoms with van der Waals surface area (Å²) in [5.74, 6) is 0.539. The number of fused-ring (bicyclic) bond motifs is 3. The van der Waals surface area contributed by atoms with Gasteiger partial charge in [0.25, 0.3) is 0 Å². The Morgan fingerprint density at radius 1 is 1.11 bits per heavy atom. The summed E-state index contributed by atoms with van der Waals surface area (Å²) in [6.45, 7) is 0.804. The fraction of sp³-hybridized carbons (Fsp3) is 0.312. The molecule has 2 aliphatic rings. The number of anilines is 1. The van der Waals surface area contributed by atoms with Crippen molar-refractivity contribution in [2.45, 2.75) is 24.5 Å². The Kier molecular flexibility index (Phi) is 2.52. The minimum Gasteiger partial charge on any atom is -0.378 e. The molecule has 2 aliphatic heterocycles. The summed E-state index contributed by atoms with van der Waals surface area (Å²) in [6, 6.07) is 14.9. The van der Waals surface area contributed by atoms with E-state index in [1.165, 1.54) is 11.3 Å². The molecule has 0 aliphatic carbocycles. The molecule has 0 amide bonds. The normalized spacial score (nSPS) is 28.3. The maximum atomic E-state index is 5.98. The van der Waals surface area contributed by atoms with Crippen LogP contribution in [0.2, 0.25) is 0 Å². The van der Waals surface area contributed by atoms with E-state index in [4.69, 9.17) is 4.74 Å². The van der Waals surface area contributed by atoms with E-state index in [0.29, 0.717) is 12.0 Å². The molecule has 1 N–H and O–H groups in total. The molecule has 1 saturated heterocycles. The molecule has 3 nitrogen and oxygen atoms in total. The van der Waals surface area contributed by atoms with Crippen LogP contribution < -0.4 is 5.32 Å². The summed E-state index contributed by atoms with van der Waals surface area (Å²) < 4.78 is 5.98. The Bertz CT molecular complexity index is 584. The van der Waals surface area contributed by atoms with Crippen LogP contribution in [-0.2, 0) is 4.74 Å². The van der Waals surface area contributed by atoms with Crippen LogP contribution in [-0.4, -0.2) is 17.6 Å². The lowest BCUT2D eigenvalue weighted by Gasteiger charge is -2.33. The van der Waals surface area contributed by atoms with Crippen molar-refractivity contribution in [3.63, 3.8) is 0 Å². The van der Waals surface area contributed by atoms with Crippen molar-refractivity contribution in [1.82, 2.24) is 4.98 Å². The first-order valence-electron chi connectivity index (χ1n) is 6.81. The zero-order valence-corrected chi connectivity index (χ0v) is 10.6. The van der Waals surface area contributed by atoms with E-state index in [2.05, 4.69) is 40.6 Å². The summed E-state index contributed by atoms with van der Waals surface area (Å²) in [4.78, 5) is 4.46. The third kappa shape index (κ3) is 1.73. The first-order valence-corrected chi connectivity index (χ1v) is 6.81. The minimum atomic E-state index is 0.0485. The summed E-state index contributed by atoms with van der Waals surface area (Å²) in [7, 11) is 0. The van der Waals surface area contributed by atoms with Crippen molar-refractivity contribution in [2.75, 3.05) is 11.9 Å². The van der Waals surface area contributed by atoms with Crippen molar-refractivity contribution >= 4 is 5.69 Å². The highest BCUT2D eigenvalue weighted by Gasteiger charge is 2.41. The van der Waals surface area contributed by atoms with Gasteiger partial charge in [0.05, 0.1) is 11.7 Å². The average molecular weight is 252 g/mol. The van der Waals surface area contributed by atoms with Gasteiger partial charge in [-0.15, -0.1) is 0 Å². The lowest BCUT2D eigenvalue weighted by atomic mass is 9.86. The standard InChI is InChI=1S/C16H16N2O/c1-2-6-13-11(5-1)12-8-10-19-16(15(12)18-13)14-7-3-4-9-17-14/h1-7,9,12,15-16,18H,8,10H2. The van der Waals surface area contributed by atoms with E-state index < -0.39 is 0 Å². The number of rotatable bonds is 1. The van der Waals surface area contributed by atoms with Crippen LogP contribution in [0, 0.1) is 0 Å². The molecule has 1 fully saturated rings. The number of aromatic nitrogens is 1. The van der Waals surface area contributed by atoms with Crippen molar-refractivity contribution in [3.05, 3.63) is 59.9 Å². The van der Waals surface area contributed by atoms with Gasteiger partial charge in [0.2, 0.25) is 0 Å². The van der Waals surface area contributed by atoms with Gasteiger partial charge < -0.3 is 10.1 Å². The second-order valence-electron chi connectivity index (χ2n) is 5.20. The van der Waals surface area contributed by atoms with Crippen LogP contribution in [0.5, 0.6) is 0 Å². The third-order valence-electron chi connectivity index (χ3n) is 4.15. The Morgan fingerprint density at radius 3 is 2.89 bits per heavy atom. The van der Waals surface area contributed by atoms with E-state index in [-0.39, 0.29) is 6.10 Å². The van der Waals surface area contributed by atoms with Crippen LogP contribution in [0.3, 0.4) is 0 Å². The van der Waals surface area contributed by atoms with Crippen molar-refractivity contribution in [1.29, 1.82) is 0 Å². The second-order valence-corrected chi connectivity index (χ2v) is 5.20. The fourth-order valence-corrected chi connectivity index (χ4v) is 3.29. The summed E-state index contributed by atoms with van der Waals surface area (Å²) >= 11 is 0. The number of hydrogen-bond acceptors (Lipinski definition) is 3. The SMILES string of the molecule is c1ccc(C2OCCC3c4ccccc4NC32)nc1. The summed E-state index contributed by atoms with van der Waals surface area (Å²) in [5.41, 5.74) is 3.71. The number of nitrogens with zero attached hydrogens (tertiary/aromatic N) is 1. The maximum Gasteiger partial charge on any atom is 0.120 e. The number of benzene rings is 1. The quantitative estimate of drug-likeness (QED) is 0.846. The summed E-state index contributed by atoms with van der Waals surface area (Å²) in [6.07, 6.45) is 2.97. The van der Waals surface area contributed by atoms with Crippen LogP contribution in [0.4, 0.5) is 5.69 Å². The highest BCUT2D eigenvalue weighted by atomic mass is 16.5. The van der Waals surface area contributed by atoms with Crippen LogP contribution in [0.25, 0.3) is 0 Å². The number of ether oxygens (including phenoxy) is 1. The van der Waals surface area contributed by atoms with E-state index in [9.17, 15) is 0 Å². The maximum absolute atomic E-state index is 5.98. The van der Waals surface area contributed by atoms with Gasteiger partial charge in [0.15, 0.2) is 0 Å². The molecular weight excluding hydrogens is 236 g/mol. The molecule has 3 heteroatoms. The molecule has 4 rings (SSSR count). The van der Waals surface area contributed by atoms with Crippen molar-refractivity contribution < 1.29 is 4.74 Å². The highest BCUT2D eigenvalue weighted by molar-refractivity contribution is 5.60. The van der Waals surface area contributed by atoms with E-state index >= 15 is 0 Å². The Morgan fingerprint density at radius 2 is 2.00 bits per heavy atom.